The summed E-state index contributed by atoms with van der Waals surface area (Å²) in [6.07, 6.45) is 2.02. The lowest BCUT2D eigenvalue weighted by Gasteiger charge is -2.06. The zero-order valence-electron chi connectivity index (χ0n) is 10.4. The Morgan fingerprint density at radius 3 is 2.58 bits per heavy atom. The molecule has 4 heteroatoms. The van der Waals surface area contributed by atoms with Gasteiger partial charge in [-0.1, -0.05) is 28.1 Å². The maximum Gasteiger partial charge on any atom is 0.200 e. The molecule has 0 atom stereocenters. The lowest BCUT2D eigenvalue weighted by Crippen LogP contribution is -2.11. The number of benzene rings is 2. The molecule has 0 aliphatic rings. The van der Waals surface area contributed by atoms with Gasteiger partial charge in [-0.25, -0.2) is 0 Å². The summed E-state index contributed by atoms with van der Waals surface area (Å²) in [7, 11) is 0. The number of hydrogen-bond donors (Lipinski definition) is 0. The summed E-state index contributed by atoms with van der Waals surface area (Å²) in [4.78, 5) is 13.1. The Hall–Kier alpha value is -1.26. The van der Waals surface area contributed by atoms with E-state index in [1.54, 1.807) is 23.9 Å². The third-order valence-corrected chi connectivity index (χ3v) is 3.81. The van der Waals surface area contributed by atoms with Crippen molar-refractivity contribution in [3.63, 3.8) is 0 Å². The van der Waals surface area contributed by atoms with Crippen LogP contribution in [0.4, 0.5) is 0 Å². The van der Waals surface area contributed by atoms with Crippen LogP contribution in [0.25, 0.3) is 0 Å². The summed E-state index contributed by atoms with van der Waals surface area (Å²) in [6, 6.07) is 15.0. The fourth-order valence-electron chi connectivity index (χ4n) is 1.57. The fraction of sp³-hybridized carbons (Fsp3) is 0.133. The van der Waals surface area contributed by atoms with Crippen molar-refractivity contribution in [2.45, 2.75) is 4.90 Å². The lowest BCUT2D eigenvalue weighted by molar-refractivity contribution is 0.0921. The molecular formula is C15H13BrO2S. The molecule has 98 valence electrons. The van der Waals surface area contributed by atoms with E-state index in [4.69, 9.17) is 4.74 Å². The molecule has 0 spiro atoms. The zero-order valence-corrected chi connectivity index (χ0v) is 12.8. The van der Waals surface area contributed by atoms with Gasteiger partial charge in [0.2, 0.25) is 0 Å². The molecule has 0 fully saturated rings. The average molecular weight is 337 g/mol. The topological polar surface area (TPSA) is 26.3 Å². The van der Waals surface area contributed by atoms with Crippen LogP contribution < -0.4 is 4.74 Å². The number of carbonyl (C=O) groups excluding carboxylic acids is 1. The van der Waals surface area contributed by atoms with Crippen LogP contribution in [0.5, 0.6) is 5.75 Å². The second kappa shape index (κ2) is 6.78. The second-order valence-corrected chi connectivity index (χ2v) is 5.69. The summed E-state index contributed by atoms with van der Waals surface area (Å²) >= 11 is 5.02. The Labute approximate surface area is 125 Å². The van der Waals surface area contributed by atoms with Crippen LogP contribution in [-0.2, 0) is 0 Å². The summed E-state index contributed by atoms with van der Waals surface area (Å²) in [5.74, 6) is 0.677. The number of ketones is 1. The van der Waals surface area contributed by atoms with Gasteiger partial charge in [0.25, 0.3) is 0 Å². The molecule has 0 aliphatic heterocycles. The van der Waals surface area contributed by atoms with E-state index in [2.05, 4.69) is 15.9 Å². The van der Waals surface area contributed by atoms with E-state index in [9.17, 15) is 4.79 Å². The minimum Gasteiger partial charge on any atom is -0.485 e. The van der Waals surface area contributed by atoms with Gasteiger partial charge in [-0.05, 0) is 42.7 Å². The van der Waals surface area contributed by atoms with Gasteiger partial charge in [-0.3, -0.25) is 4.79 Å². The van der Waals surface area contributed by atoms with Crippen molar-refractivity contribution < 1.29 is 9.53 Å². The van der Waals surface area contributed by atoms with Gasteiger partial charge in [-0.2, -0.15) is 0 Å². The predicted molar refractivity (Wildman–Crippen MR) is 82.2 cm³/mol. The maximum absolute atomic E-state index is 11.9. The van der Waals surface area contributed by atoms with Crippen molar-refractivity contribution in [1.82, 2.24) is 0 Å². The van der Waals surface area contributed by atoms with Crippen molar-refractivity contribution in [2.24, 2.45) is 0 Å². The van der Waals surface area contributed by atoms with Crippen LogP contribution in [-0.4, -0.2) is 18.6 Å². The Bertz CT molecular complexity index is 567. The number of Topliss-reactive ketones (excluding diaryl/α,β-unsaturated/α-hetero) is 1. The first-order valence-electron chi connectivity index (χ1n) is 5.74. The van der Waals surface area contributed by atoms with E-state index in [0.717, 1.165) is 4.47 Å². The molecular weight excluding hydrogens is 324 g/mol. The Balaban J connectivity index is 1.96. The highest BCUT2D eigenvalue weighted by Crippen LogP contribution is 2.19. The molecule has 2 aromatic rings. The molecule has 0 unspecified atom stereocenters. The third-order valence-electron chi connectivity index (χ3n) is 2.58. The Morgan fingerprint density at radius 1 is 1.21 bits per heavy atom. The van der Waals surface area contributed by atoms with E-state index < -0.39 is 0 Å². The summed E-state index contributed by atoms with van der Waals surface area (Å²) in [5, 5.41) is 0. The number of rotatable bonds is 5. The molecule has 0 radical (unpaired) electrons. The molecule has 2 nitrogen and oxygen atoms in total. The van der Waals surface area contributed by atoms with Crippen molar-refractivity contribution in [3.8, 4) is 5.75 Å². The van der Waals surface area contributed by atoms with Gasteiger partial charge in [-0.15, -0.1) is 11.8 Å². The predicted octanol–water partition coefficient (Wildman–Crippen LogP) is 4.43. The smallest absolute Gasteiger partial charge is 0.200 e. The first-order valence-corrected chi connectivity index (χ1v) is 7.76. The highest BCUT2D eigenvalue weighted by Gasteiger charge is 2.07. The van der Waals surface area contributed by atoms with E-state index in [1.807, 2.05) is 42.7 Å². The molecule has 2 aromatic carbocycles. The fourth-order valence-corrected chi connectivity index (χ4v) is 2.37. The standard InChI is InChI=1S/C15H13BrO2S/c1-19-14-7-5-13(6-8-14)18-10-15(17)11-3-2-4-12(16)9-11/h2-9H,10H2,1H3. The minimum atomic E-state index is -0.0322. The average Bonchev–Trinajstić information content (AvgIpc) is 2.45. The molecule has 0 saturated heterocycles. The van der Waals surface area contributed by atoms with E-state index >= 15 is 0 Å². The van der Waals surface area contributed by atoms with Crippen LogP contribution in [0.1, 0.15) is 10.4 Å². The quantitative estimate of drug-likeness (QED) is 0.596. The van der Waals surface area contributed by atoms with Crippen molar-refractivity contribution >= 4 is 33.5 Å². The van der Waals surface area contributed by atoms with E-state index in [-0.39, 0.29) is 12.4 Å². The third kappa shape index (κ3) is 4.11. The van der Waals surface area contributed by atoms with Crippen molar-refractivity contribution in [2.75, 3.05) is 12.9 Å². The van der Waals surface area contributed by atoms with Crippen LogP contribution in [0.2, 0.25) is 0 Å². The molecule has 0 amide bonds. The van der Waals surface area contributed by atoms with Gasteiger partial charge >= 0.3 is 0 Å². The van der Waals surface area contributed by atoms with Gasteiger partial charge in [0.1, 0.15) is 5.75 Å². The highest BCUT2D eigenvalue weighted by molar-refractivity contribution is 9.10. The number of thioether (sulfide) groups is 1. The molecule has 2 rings (SSSR count). The molecule has 0 heterocycles. The summed E-state index contributed by atoms with van der Waals surface area (Å²) < 4.78 is 6.38. The molecule has 0 N–H and O–H groups in total. The molecule has 0 bridgehead atoms. The Kier molecular flexibility index (Phi) is 5.05. The van der Waals surface area contributed by atoms with E-state index in [0.29, 0.717) is 11.3 Å². The molecule has 0 saturated carbocycles. The minimum absolute atomic E-state index is 0.0322. The van der Waals surface area contributed by atoms with Gasteiger partial charge in [0, 0.05) is 14.9 Å². The molecule has 0 aromatic heterocycles. The number of hydrogen-bond acceptors (Lipinski definition) is 3. The van der Waals surface area contributed by atoms with Crippen LogP contribution in [0, 0.1) is 0 Å². The van der Waals surface area contributed by atoms with Crippen LogP contribution in [0.3, 0.4) is 0 Å². The SMILES string of the molecule is CSc1ccc(OCC(=O)c2cccc(Br)c2)cc1. The van der Waals surface area contributed by atoms with Gasteiger partial charge in [0.15, 0.2) is 12.4 Å². The van der Waals surface area contributed by atoms with Crippen LogP contribution in [0.15, 0.2) is 57.9 Å². The van der Waals surface area contributed by atoms with Crippen molar-refractivity contribution in [3.05, 3.63) is 58.6 Å². The summed E-state index contributed by atoms with van der Waals surface area (Å²) in [5.41, 5.74) is 0.648. The van der Waals surface area contributed by atoms with Gasteiger partial charge in [0.05, 0.1) is 0 Å². The summed E-state index contributed by atoms with van der Waals surface area (Å²) in [6.45, 7) is 0.0507. The highest BCUT2D eigenvalue weighted by atomic mass is 79.9. The maximum atomic E-state index is 11.9. The Morgan fingerprint density at radius 2 is 1.95 bits per heavy atom. The van der Waals surface area contributed by atoms with Crippen LogP contribution >= 0.6 is 27.7 Å². The first kappa shape index (κ1) is 14.2. The molecule has 0 aliphatic carbocycles. The monoisotopic (exact) mass is 336 g/mol. The largest absolute Gasteiger partial charge is 0.485 e. The van der Waals surface area contributed by atoms with Crippen molar-refractivity contribution in [1.29, 1.82) is 0 Å². The molecule has 19 heavy (non-hydrogen) atoms. The lowest BCUT2D eigenvalue weighted by atomic mass is 10.1. The number of halogens is 1. The number of carbonyl (C=O) groups is 1. The zero-order chi connectivity index (χ0) is 13.7. The van der Waals surface area contributed by atoms with E-state index in [1.165, 1.54) is 4.90 Å². The normalized spacial score (nSPS) is 10.2. The number of ether oxygens (including phenoxy) is 1. The van der Waals surface area contributed by atoms with Gasteiger partial charge < -0.3 is 4.74 Å². The second-order valence-electron chi connectivity index (χ2n) is 3.90. The first-order chi connectivity index (χ1) is 9.19.